The maximum Gasteiger partial charge on any atom is 0.324 e. The van der Waals surface area contributed by atoms with Gasteiger partial charge in [0.15, 0.2) is 5.13 Å². The third-order valence-electron chi connectivity index (χ3n) is 8.28. The number of rotatable bonds is 13. The normalized spacial score (nSPS) is 20.9. The number of carbonyl (C=O) groups is 2. The molecule has 3 fully saturated rings. The number of hydrogen-bond donors (Lipinski definition) is 1. The van der Waals surface area contributed by atoms with Crippen molar-refractivity contribution in [3.8, 4) is 0 Å². The number of amides is 3. The Labute approximate surface area is 237 Å². The van der Waals surface area contributed by atoms with Crippen LogP contribution in [0.15, 0.2) is 10.4 Å². The average Bonchev–Trinajstić information content (AvgIpc) is 3.63. The minimum Gasteiger partial charge on any atom is -0.378 e. The Kier molecular flexibility index (Phi) is 12.5. The third-order valence-corrected chi connectivity index (χ3v) is 10.4. The predicted octanol–water partition coefficient (Wildman–Crippen LogP) is 7.32. The van der Waals surface area contributed by atoms with Crippen molar-refractivity contribution in [2.75, 3.05) is 30.8 Å². The first-order valence-corrected chi connectivity index (χ1v) is 17.0. The van der Waals surface area contributed by atoms with Gasteiger partial charge in [-0.15, -0.1) is 11.8 Å². The Bertz CT molecular complexity index is 831. The van der Waals surface area contributed by atoms with E-state index in [2.05, 4.69) is 22.1 Å². The van der Waals surface area contributed by atoms with Crippen molar-refractivity contribution in [2.24, 2.45) is 0 Å². The van der Waals surface area contributed by atoms with Crippen LogP contribution in [0.5, 0.6) is 0 Å². The number of hydrogen-bond acceptors (Lipinski definition) is 6. The molecule has 0 spiro atoms. The lowest BCUT2D eigenvalue weighted by molar-refractivity contribution is -0.128. The molecule has 2 heterocycles. The zero-order chi connectivity index (χ0) is 26.6. The second-order valence-corrected chi connectivity index (χ2v) is 13.5. The van der Waals surface area contributed by atoms with Crippen molar-refractivity contribution >= 4 is 40.2 Å². The number of ether oxygens (including phenoxy) is 1. The van der Waals surface area contributed by atoms with Crippen LogP contribution >= 0.6 is 23.1 Å². The van der Waals surface area contributed by atoms with Crippen LogP contribution in [0, 0.1) is 0 Å². The van der Waals surface area contributed by atoms with Crippen molar-refractivity contribution in [3.05, 3.63) is 6.20 Å². The lowest BCUT2D eigenvalue weighted by Gasteiger charge is -2.41. The van der Waals surface area contributed by atoms with Crippen LogP contribution in [0.4, 0.5) is 9.93 Å². The summed E-state index contributed by atoms with van der Waals surface area (Å²) in [5, 5.41) is 3.76. The van der Waals surface area contributed by atoms with Crippen LogP contribution in [-0.4, -0.2) is 70.4 Å². The molecule has 1 aliphatic heterocycles. The number of carbonyl (C=O) groups excluding carboxylic acids is 2. The minimum absolute atomic E-state index is 0.0166. The molecule has 1 aromatic heterocycles. The van der Waals surface area contributed by atoms with Gasteiger partial charge in [-0.05, 0) is 64.2 Å². The number of nitrogens with one attached hydrogen (secondary N) is 1. The third kappa shape index (κ3) is 9.12. The van der Waals surface area contributed by atoms with E-state index < -0.39 is 0 Å². The van der Waals surface area contributed by atoms with E-state index in [1.165, 1.54) is 74.5 Å². The van der Waals surface area contributed by atoms with Crippen LogP contribution in [0.25, 0.3) is 0 Å². The van der Waals surface area contributed by atoms with Gasteiger partial charge in [-0.25, -0.2) is 9.78 Å². The first kappa shape index (κ1) is 29.7. The summed E-state index contributed by atoms with van der Waals surface area (Å²) < 4.78 is 6.70. The summed E-state index contributed by atoms with van der Waals surface area (Å²) in [7, 11) is 0. The van der Waals surface area contributed by atoms with Gasteiger partial charge in [-0.3, -0.25) is 10.1 Å². The predicted molar refractivity (Wildman–Crippen MR) is 157 cm³/mol. The molecule has 1 unspecified atom stereocenters. The lowest BCUT2D eigenvalue weighted by Crippen LogP contribution is -2.50. The molecule has 0 radical (unpaired) electrons. The van der Waals surface area contributed by atoms with Gasteiger partial charge < -0.3 is 14.5 Å². The van der Waals surface area contributed by atoms with Crippen molar-refractivity contribution < 1.29 is 14.3 Å². The van der Waals surface area contributed by atoms with Crippen LogP contribution in [-0.2, 0) is 9.53 Å². The van der Waals surface area contributed by atoms with E-state index in [0.29, 0.717) is 29.1 Å². The molecule has 1 aromatic rings. The van der Waals surface area contributed by atoms with E-state index in [4.69, 9.17) is 4.74 Å². The molecule has 0 bridgehead atoms. The van der Waals surface area contributed by atoms with Gasteiger partial charge in [0.05, 0.1) is 22.3 Å². The number of anilines is 1. The summed E-state index contributed by atoms with van der Waals surface area (Å²) in [6.45, 7) is 4.66. The highest BCUT2D eigenvalue weighted by Gasteiger charge is 2.33. The lowest BCUT2D eigenvalue weighted by atomic mass is 9.89. The second kappa shape index (κ2) is 16.1. The summed E-state index contributed by atoms with van der Waals surface area (Å²) in [4.78, 5) is 35.1. The SMILES string of the molecule is CCCN(CCCCC1CCCO1)C(=O)CSc1cnc(NC(=O)N(C2CCCCC2)C2CCCCC2)s1. The van der Waals surface area contributed by atoms with Gasteiger partial charge >= 0.3 is 6.03 Å². The molecule has 1 atom stereocenters. The van der Waals surface area contributed by atoms with E-state index in [1.807, 2.05) is 4.90 Å². The van der Waals surface area contributed by atoms with Gasteiger partial charge in [0, 0.05) is 31.8 Å². The maximum absolute atomic E-state index is 13.5. The van der Waals surface area contributed by atoms with Gasteiger partial charge in [0.1, 0.15) is 0 Å². The number of thiazole rings is 1. The van der Waals surface area contributed by atoms with Crippen molar-refractivity contribution in [3.63, 3.8) is 0 Å². The van der Waals surface area contributed by atoms with Crippen molar-refractivity contribution in [1.82, 2.24) is 14.8 Å². The van der Waals surface area contributed by atoms with E-state index in [1.54, 1.807) is 6.20 Å². The quantitative estimate of drug-likeness (QED) is 0.201. The van der Waals surface area contributed by atoms with Crippen LogP contribution in [0.1, 0.15) is 110 Å². The molecule has 1 N–H and O–H groups in total. The van der Waals surface area contributed by atoms with Gasteiger partial charge in [-0.2, -0.15) is 0 Å². The van der Waals surface area contributed by atoms with Gasteiger partial charge in [-0.1, -0.05) is 56.8 Å². The number of thioether (sulfide) groups is 1. The summed E-state index contributed by atoms with van der Waals surface area (Å²) in [5.74, 6) is 0.603. The summed E-state index contributed by atoms with van der Waals surface area (Å²) in [6, 6.07) is 0.727. The molecule has 9 heteroatoms. The van der Waals surface area contributed by atoms with E-state index in [9.17, 15) is 9.59 Å². The number of nitrogens with zero attached hydrogens (tertiary/aromatic N) is 3. The molecule has 3 aliphatic rings. The molecule has 0 aromatic carbocycles. The zero-order valence-electron chi connectivity index (χ0n) is 23.3. The molecular weight excluding hydrogens is 516 g/mol. The van der Waals surface area contributed by atoms with Gasteiger partial charge in [0.25, 0.3) is 0 Å². The van der Waals surface area contributed by atoms with Crippen LogP contribution in [0.3, 0.4) is 0 Å². The first-order valence-electron chi connectivity index (χ1n) is 15.2. The molecule has 4 rings (SSSR count). The second-order valence-electron chi connectivity index (χ2n) is 11.2. The van der Waals surface area contributed by atoms with E-state index in [-0.39, 0.29) is 11.9 Å². The number of aromatic nitrogens is 1. The fourth-order valence-corrected chi connectivity index (χ4v) is 8.05. The van der Waals surface area contributed by atoms with E-state index in [0.717, 1.165) is 75.3 Å². The van der Waals surface area contributed by atoms with E-state index >= 15 is 0 Å². The topological polar surface area (TPSA) is 74.8 Å². The highest BCUT2D eigenvalue weighted by Crippen LogP contribution is 2.33. The smallest absolute Gasteiger partial charge is 0.324 e. The van der Waals surface area contributed by atoms with Crippen LogP contribution in [0.2, 0.25) is 0 Å². The molecule has 214 valence electrons. The standard InChI is InChI=1S/C29H48N4O3S2/c1-2-18-32(19-10-9-16-25-17-11-20-36-25)26(34)22-37-27-21-30-28(38-27)31-29(35)33(23-12-5-3-6-13-23)24-14-7-4-8-15-24/h21,23-25H,2-20,22H2,1H3,(H,30,31,35). The fraction of sp³-hybridized carbons (Fsp3) is 0.828. The number of urea groups is 1. The first-order chi connectivity index (χ1) is 18.6. The Morgan fingerprint density at radius 1 is 1.00 bits per heavy atom. The average molecular weight is 565 g/mol. The van der Waals surface area contributed by atoms with Crippen molar-refractivity contribution in [1.29, 1.82) is 0 Å². The van der Waals surface area contributed by atoms with Crippen molar-refractivity contribution in [2.45, 2.75) is 132 Å². The molecular formula is C29H48N4O3S2. The maximum atomic E-state index is 13.5. The molecule has 3 amide bonds. The summed E-state index contributed by atoms with van der Waals surface area (Å²) >= 11 is 3.02. The fourth-order valence-electron chi connectivity index (χ4n) is 6.29. The molecule has 2 saturated carbocycles. The largest absolute Gasteiger partial charge is 0.378 e. The Morgan fingerprint density at radius 2 is 1.71 bits per heavy atom. The highest BCUT2D eigenvalue weighted by atomic mass is 32.2. The zero-order valence-corrected chi connectivity index (χ0v) is 25.0. The monoisotopic (exact) mass is 564 g/mol. The Morgan fingerprint density at radius 3 is 2.34 bits per heavy atom. The van der Waals surface area contributed by atoms with Crippen LogP contribution < -0.4 is 5.32 Å². The van der Waals surface area contributed by atoms with Gasteiger partial charge in [0.2, 0.25) is 5.91 Å². The minimum atomic E-state index is 0.0166. The molecule has 38 heavy (non-hydrogen) atoms. The summed E-state index contributed by atoms with van der Waals surface area (Å²) in [6.07, 6.45) is 20.7. The number of unbranched alkanes of at least 4 members (excludes halogenated alkanes) is 1. The Hall–Kier alpha value is -1.32. The highest BCUT2D eigenvalue weighted by molar-refractivity contribution is 8.01. The molecule has 1 saturated heterocycles. The molecule has 2 aliphatic carbocycles. The molecule has 7 nitrogen and oxygen atoms in total. The summed E-state index contributed by atoms with van der Waals surface area (Å²) in [5.41, 5.74) is 0. The Balaban J connectivity index is 1.24.